The molecule has 0 aliphatic heterocycles. The molecule has 0 fully saturated rings. The van der Waals surface area contributed by atoms with Crippen molar-refractivity contribution in [2.45, 2.75) is 19.4 Å². The molecule has 0 saturated heterocycles. The van der Waals surface area contributed by atoms with E-state index in [0.29, 0.717) is 0 Å². The number of halogens is 2. The first-order valence-electron chi connectivity index (χ1n) is 5.93. The Balaban J connectivity index is 2.41. The number of aryl methyl sites for hydroxylation is 1. The lowest BCUT2D eigenvalue weighted by Gasteiger charge is -2.18. The van der Waals surface area contributed by atoms with Gasteiger partial charge >= 0.3 is 0 Å². The first kappa shape index (κ1) is 14.5. The Morgan fingerprint density at radius 1 is 1.35 bits per heavy atom. The van der Waals surface area contributed by atoms with Crippen molar-refractivity contribution in [2.75, 3.05) is 13.7 Å². The second-order valence-corrected chi connectivity index (χ2v) is 4.85. The average molecular weight is 283 g/mol. The summed E-state index contributed by atoms with van der Waals surface area (Å²) in [6, 6.07) is 2.09. The summed E-state index contributed by atoms with van der Waals surface area (Å²) < 4.78 is 36.9. The highest BCUT2D eigenvalue weighted by Gasteiger charge is 2.28. The molecule has 0 amide bonds. The van der Waals surface area contributed by atoms with Gasteiger partial charge in [0.15, 0.2) is 5.82 Å². The molecule has 0 spiro atoms. The van der Waals surface area contributed by atoms with Crippen molar-refractivity contribution >= 4 is 0 Å². The van der Waals surface area contributed by atoms with E-state index in [1.165, 1.54) is 20.1 Å². The van der Waals surface area contributed by atoms with Gasteiger partial charge in [-0.3, -0.25) is 0 Å². The molecule has 108 valence electrons. The molecule has 0 aliphatic carbocycles. The molecule has 1 aromatic carbocycles. The van der Waals surface area contributed by atoms with Crippen molar-refractivity contribution in [3.05, 3.63) is 35.2 Å². The highest BCUT2D eigenvalue weighted by atomic mass is 19.1. The Kier molecular flexibility index (Phi) is 3.82. The molecule has 2 rings (SSSR count). The number of rotatable bonds is 4. The van der Waals surface area contributed by atoms with Gasteiger partial charge in [-0.15, -0.1) is 0 Å². The number of nitrogens with zero attached hydrogens (tertiary/aromatic N) is 2. The second-order valence-electron chi connectivity index (χ2n) is 4.85. The summed E-state index contributed by atoms with van der Waals surface area (Å²) in [7, 11) is 1.50. The molecule has 0 aliphatic rings. The number of methoxy groups -OCH3 is 1. The summed E-state index contributed by atoms with van der Waals surface area (Å²) in [5, 5.41) is 3.72. The Morgan fingerprint density at radius 2 is 2.05 bits per heavy atom. The number of hydrogen-bond acceptors (Lipinski definition) is 5. The zero-order chi connectivity index (χ0) is 14.9. The van der Waals surface area contributed by atoms with Crippen molar-refractivity contribution in [1.82, 2.24) is 10.1 Å². The lowest BCUT2D eigenvalue weighted by atomic mass is 10.1. The SMILES string of the molecule is COCC(C)(N)c1noc(-c2cc(C)c(F)cc2F)n1. The Morgan fingerprint density at radius 3 is 2.70 bits per heavy atom. The van der Waals surface area contributed by atoms with Crippen LogP contribution in [0, 0.1) is 18.6 Å². The second kappa shape index (κ2) is 5.26. The van der Waals surface area contributed by atoms with E-state index in [9.17, 15) is 8.78 Å². The van der Waals surface area contributed by atoms with E-state index in [0.717, 1.165) is 6.07 Å². The molecule has 2 aromatic rings. The fraction of sp³-hybridized carbons (Fsp3) is 0.385. The standard InChI is InChI=1S/C13H15F2N3O2/c1-7-4-8(10(15)5-9(7)14)11-17-12(18-20-11)13(2,16)6-19-3/h4-5H,6,16H2,1-3H3. The third-order valence-corrected chi connectivity index (χ3v) is 2.86. The maximum Gasteiger partial charge on any atom is 0.260 e. The van der Waals surface area contributed by atoms with Gasteiger partial charge in [-0.1, -0.05) is 5.16 Å². The van der Waals surface area contributed by atoms with Crippen LogP contribution in [-0.4, -0.2) is 23.9 Å². The van der Waals surface area contributed by atoms with E-state index in [1.54, 1.807) is 6.92 Å². The topological polar surface area (TPSA) is 74.2 Å². The predicted octanol–water partition coefficient (Wildman–Crippen LogP) is 2.14. The number of aromatic nitrogens is 2. The van der Waals surface area contributed by atoms with Crippen LogP contribution in [0.5, 0.6) is 0 Å². The lowest BCUT2D eigenvalue weighted by molar-refractivity contribution is 0.135. The minimum atomic E-state index is -0.956. The zero-order valence-corrected chi connectivity index (χ0v) is 11.4. The van der Waals surface area contributed by atoms with E-state index in [2.05, 4.69) is 10.1 Å². The van der Waals surface area contributed by atoms with Crippen LogP contribution in [0.25, 0.3) is 11.5 Å². The van der Waals surface area contributed by atoms with Crippen LogP contribution < -0.4 is 5.73 Å². The minimum absolute atomic E-state index is 0.0378. The Bertz CT molecular complexity index is 626. The van der Waals surface area contributed by atoms with E-state index < -0.39 is 17.2 Å². The summed E-state index contributed by atoms with van der Waals surface area (Å²) >= 11 is 0. The smallest absolute Gasteiger partial charge is 0.260 e. The molecule has 5 nitrogen and oxygen atoms in total. The summed E-state index contributed by atoms with van der Waals surface area (Å²) in [6.45, 7) is 3.36. The molecule has 1 unspecified atom stereocenters. The molecule has 1 atom stereocenters. The van der Waals surface area contributed by atoms with Crippen molar-refractivity contribution in [3.63, 3.8) is 0 Å². The van der Waals surface area contributed by atoms with Gasteiger partial charge < -0.3 is 15.0 Å². The first-order chi connectivity index (χ1) is 9.35. The lowest BCUT2D eigenvalue weighted by Crippen LogP contribution is -2.38. The van der Waals surface area contributed by atoms with Crippen molar-refractivity contribution < 1.29 is 18.0 Å². The maximum absolute atomic E-state index is 13.7. The number of ether oxygens (including phenoxy) is 1. The van der Waals surface area contributed by atoms with Gasteiger partial charge in [0.05, 0.1) is 12.2 Å². The van der Waals surface area contributed by atoms with Gasteiger partial charge in [0, 0.05) is 13.2 Å². The molecule has 7 heteroatoms. The van der Waals surface area contributed by atoms with E-state index in [-0.39, 0.29) is 29.4 Å². The van der Waals surface area contributed by atoms with Crippen LogP contribution in [-0.2, 0) is 10.3 Å². The fourth-order valence-electron chi connectivity index (χ4n) is 1.75. The third-order valence-electron chi connectivity index (χ3n) is 2.86. The third kappa shape index (κ3) is 2.68. The monoisotopic (exact) mass is 283 g/mol. The van der Waals surface area contributed by atoms with Crippen LogP contribution in [0.2, 0.25) is 0 Å². The highest BCUT2D eigenvalue weighted by molar-refractivity contribution is 5.55. The molecular weight excluding hydrogens is 268 g/mol. The normalized spacial score (nSPS) is 14.3. The molecule has 0 saturated carbocycles. The molecule has 1 aromatic heterocycles. The Labute approximate surface area is 114 Å². The predicted molar refractivity (Wildman–Crippen MR) is 67.8 cm³/mol. The van der Waals surface area contributed by atoms with Crippen LogP contribution in [0.3, 0.4) is 0 Å². The average Bonchev–Trinajstić information content (AvgIpc) is 2.84. The molecule has 1 heterocycles. The van der Waals surface area contributed by atoms with Gasteiger partial charge in [-0.2, -0.15) is 4.98 Å². The number of hydrogen-bond donors (Lipinski definition) is 1. The first-order valence-corrected chi connectivity index (χ1v) is 5.93. The maximum atomic E-state index is 13.7. The Hall–Kier alpha value is -1.86. The van der Waals surface area contributed by atoms with Gasteiger partial charge in [0.1, 0.15) is 17.2 Å². The van der Waals surface area contributed by atoms with Crippen molar-refractivity contribution in [3.8, 4) is 11.5 Å². The quantitative estimate of drug-likeness (QED) is 0.930. The summed E-state index contributed by atoms with van der Waals surface area (Å²) in [5.74, 6) is -1.26. The van der Waals surface area contributed by atoms with Crippen LogP contribution >= 0.6 is 0 Å². The molecular formula is C13H15F2N3O2. The van der Waals surface area contributed by atoms with Gasteiger partial charge in [-0.25, -0.2) is 8.78 Å². The van der Waals surface area contributed by atoms with Gasteiger partial charge in [0.2, 0.25) is 0 Å². The summed E-state index contributed by atoms with van der Waals surface area (Å²) in [6.07, 6.45) is 0. The zero-order valence-electron chi connectivity index (χ0n) is 11.4. The molecule has 2 N–H and O–H groups in total. The molecule has 0 bridgehead atoms. The summed E-state index contributed by atoms with van der Waals surface area (Å²) in [5.41, 5.74) is 5.34. The van der Waals surface area contributed by atoms with E-state index in [4.69, 9.17) is 15.0 Å². The molecule has 0 radical (unpaired) electrons. The number of benzene rings is 1. The molecule has 20 heavy (non-hydrogen) atoms. The van der Waals surface area contributed by atoms with E-state index >= 15 is 0 Å². The van der Waals surface area contributed by atoms with Crippen LogP contribution in [0.4, 0.5) is 8.78 Å². The summed E-state index contributed by atoms with van der Waals surface area (Å²) in [4.78, 5) is 4.06. The van der Waals surface area contributed by atoms with Crippen LogP contribution in [0.15, 0.2) is 16.7 Å². The van der Waals surface area contributed by atoms with Gasteiger partial charge in [0.25, 0.3) is 5.89 Å². The largest absolute Gasteiger partial charge is 0.382 e. The van der Waals surface area contributed by atoms with Gasteiger partial charge in [-0.05, 0) is 25.5 Å². The van der Waals surface area contributed by atoms with E-state index in [1.807, 2.05) is 0 Å². The fourth-order valence-corrected chi connectivity index (χ4v) is 1.75. The van der Waals surface area contributed by atoms with Crippen molar-refractivity contribution in [1.29, 1.82) is 0 Å². The minimum Gasteiger partial charge on any atom is -0.382 e. The highest BCUT2D eigenvalue weighted by Crippen LogP contribution is 2.26. The van der Waals surface area contributed by atoms with Crippen LogP contribution in [0.1, 0.15) is 18.3 Å². The van der Waals surface area contributed by atoms with Crippen molar-refractivity contribution in [2.24, 2.45) is 5.73 Å². The number of nitrogens with two attached hydrogens (primary N) is 1.